The van der Waals surface area contributed by atoms with Crippen LogP contribution in [-0.4, -0.2) is 62.1 Å². The van der Waals surface area contributed by atoms with Crippen molar-refractivity contribution in [3.05, 3.63) is 29.8 Å². The highest BCUT2D eigenvalue weighted by atomic mass is 16.5. The van der Waals surface area contributed by atoms with Gasteiger partial charge in [0.15, 0.2) is 0 Å². The second-order valence-electron chi connectivity index (χ2n) is 7.34. The molecule has 0 radical (unpaired) electrons. The second-order valence-corrected chi connectivity index (χ2v) is 7.34. The van der Waals surface area contributed by atoms with Crippen molar-refractivity contribution in [3.63, 3.8) is 0 Å². The molecule has 6 nitrogen and oxygen atoms in total. The smallest absolute Gasteiger partial charge is 0.325 e. The first-order valence-electron chi connectivity index (χ1n) is 9.47. The van der Waals surface area contributed by atoms with Gasteiger partial charge in [-0.1, -0.05) is 18.2 Å². The standard InChI is InChI=1S/C20H29N3O3/c1-21-14-17-9-3-4-10-18(17)23(20(21)25)15-19(24)22-11-5-7-16(13-22)8-6-12-26-2/h3-4,9-10,16H,5-8,11-15H2,1-2H3/t16-/m1/s1. The van der Waals surface area contributed by atoms with E-state index in [9.17, 15) is 9.59 Å². The summed E-state index contributed by atoms with van der Waals surface area (Å²) in [6, 6.07) is 7.73. The summed E-state index contributed by atoms with van der Waals surface area (Å²) in [6.07, 6.45) is 4.33. The molecule has 2 heterocycles. The minimum atomic E-state index is -0.106. The van der Waals surface area contributed by atoms with E-state index in [-0.39, 0.29) is 18.5 Å². The summed E-state index contributed by atoms with van der Waals surface area (Å²) in [5.41, 5.74) is 1.94. The van der Waals surface area contributed by atoms with Gasteiger partial charge >= 0.3 is 6.03 Å². The van der Waals surface area contributed by atoms with Crippen LogP contribution in [0.25, 0.3) is 0 Å². The van der Waals surface area contributed by atoms with E-state index in [0.29, 0.717) is 12.5 Å². The number of piperidine rings is 1. The van der Waals surface area contributed by atoms with Gasteiger partial charge in [0, 0.05) is 40.4 Å². The topological polar surface area (TPSA) is 53.1 Å². The van der Waals surface area contributed by atoms with Crippen LogP contribution in [0.1, 0.15) is 31.2 Å². The van der Waals surface area contributed by atoms with Gasteiger partial charge in [-0.3, -0.25) is 9.69 Å². The van der Waals surface area contributed by atoms with Crippen molar-refractivity contribution in [3.8, 4) is 0 Å². The average Bonchev–Trinajstić information content (AvgIpc) is 2.66. The maximum Gasteiger partial charge on any atom is 0.325 e. The number of hydrogen-bond acceptors (Lipinski definition) is 3. The summed E-state index contributed by atoms with van der Waals surface area (Å²) in [7, 11) is 3.50. The lowest BCUT2D eigenvalue weighted by Gasteiger charge is -2.37. The highest BCUT2D eigenvalue weighted by molar-refractivity contribution is 5.99. The number of carbonyl (C=O) groups is 2. The molecule has 2 aliphatic heterocycles. The van der Waals surface area contributed by atoms with Crippen LogP contribution in [0.3, 0.4) is 0 Å². The molecular weight excluding hydrogens is 330 g/mol. The van der Waals surface area contributed by atoms with E-state index in [1.165, 1.54) is 6.42 Å². The monoisotopic (exact) mass is 359 g/mol. The number of ether oxygens (including phenoxy) is 1. The molecule has 142 valence electrons. The Hall–Kier alpha value is -2.08. The van der Waals surface area contributed by atoms with E-state index in [0.717, 1.165) is 50.2 Å². The molecule has 0 unspecified atom stereocenters. The van der Waals surface area contributed by atoms with Crippen LogP contribution >= 0.6 is 0 Å². The molecule has 0 aromatic heterocycles. The number of hydrogen-bond donors (Lipinski definition) is 0. The quantitative estimate of drug-likeness (QED) is 0.734. The van der Waals surface area contributed by atoms with Crippen molar-refractivity contribution in [2.24, 2.45) is 5.92 Å². The van der Waals surface area contributed by atoms with Gasteiger partial charge in [0.05, 0.1) is 5.69 Å². The number of carbonyl (C=O) groups excluding carboxylic acids is 2. The van der Waals surface area contributed by atoms with Crippen LogP contribution in [0, 0.1) is 5.92 Å². The number of urea groups is 1. The molecule has 1 saturated heterocycles. The molecule has 1 aromatic carbocycles. The molecule has 1 aromatic rings. The van der Waals surface area contributed by atoms with Crippen molar-refractivity contribution in [1.82, 2.24) is 9.80 Å². The first-order valence-corrected chi connectivity index (χ1v) is 9.47. The molecule has 0 spiro atoms. The third kappa shape index (κ3) is 4.18. The zero-order valence-corrected chi connectivity index (χ0v) is 15.8. The van der Waals surface area contributed by atoms with Gasteiger partial charge in [-0.25, -0.2) is 4.79 Å². The molecule has 0 aliphatic carbocycles. The average molecular weight is 359 g/mol. The number of amides is 3. The second kappa shape index (κ2) is 8.54. The number of para-hydroxylation sites is 1. The predicted molar refractivity (Wildman–Crippen MR) is 101 cm³/mol. The maximum atomic E-state index is 12.9. The number of methoxy groups -OCH3 is 1. The molecule has 2 aliphatic rings. The lowest BCUT2D eigenvalue weighted by Crippen LogP contribution is -2.51. The van der Waals surface area contributed by atoms with Crippen molar-refractivity contribution < 1.29 is 14.3 Å². The Morgan fingerprint density at radius 3 is 2.92 bits per heavy atom. The van der Waals surface area contributed by atoms with E-state index in [1.807, 2.05) is 29.2 Å². The predicted octanol–water partition coefficient (Wildman–Crippen LogP) is 2.72. The Balaban J connectivity index is 1.64. The Labute approximate surface area is 155 Å². The van der Waals surface area contributed by atoms with E-state index in [4.69, 9.17) is 4.74 Å². The molecule has 1 fully saturated rings. The van der Waals surface area contributed by atoms with Crippen LogP contribution in [0.15, 0.2) is 24.3 Å². The molecule has 6 heteroatoms. The number of anilines is 1. The van der Waals surface area contributed by atoms with Gasteiger partial charge < -0.3 is 14.5 Å². The van der Waals surface area contributed by atoms with Crippen LogP contribution in [-0.2, 0) is 16.1 Å². The van der Waals surface area contributed by atoms with Gasteiger partial charge in [0.1, 0.15) is 6.54 Å². The Morgan fingerprint density at radius 1 is 1.31 bits per heavy atom. The first-order chi connectivity index (χ1) is 12.6. The Kier molecular flexibility index (Phi) is 6.14. The highest BCUT2D eigenvalue weighted by Gasteiger charge is 2.31. The van der Waals surface area contributed by atoms with E-state index < -0.39 is 0 Å². The minimum absolute atomic E-state index is 0.0416. The molecule has 0 bridgehead atoms. The number of likely N-dealkylation sites (tertiary alicyclic amines) is 1. The third-order valence-electron chi connectivity index (χ3n) is 5.37. The van der Waals surface area contributed by atoms with Crippen LogP contribution in [0.4, 0.5) is 10.5 Å². The number of fused-ring (bicyclic) bond motifs is 1. The summed E-state index contributed by atoms with van der Waals surface area (Å²) in [5, 5.41) is 0. The fraction of sp³-hybridized carbons (Fsp3) is 0.600. The summed E-state index contributed by atoms with van der Waals surface area (Å²) in [5.74, 6) is 0.578. The van der Waals surface area contributed by atoms with Crippen LogP contribution in [0.2, 0.25) is 0 Å². The highest BCUT2D eigenvalue weighted by Crippen LogP contribution is 2.28. The molecule has 3 rings (SSSR count). The first kappa shape index (κ1) is 18.7. The van der Waals surface area contributed by atoms with Gasteiger partial charge in [-0.15, -0.1) is 0 Å². The van der Waals surface area contributed by atoms with E-state index in [1.54, 1.807) is 24.0 Å². The minimum Gasteiger partial charge on any atom is -0.385 e. The van der Waals surface area contributed by atoms with Gasteiger partial charge in [-0.05, 0) is 43.2 Å². The lowest BCUT2D eigenvalue weighted by molar-refractivity contribution is -0.131. The van der Waals surface area contributed by atoms with Gasteiger partial charge in [0.25, 0.3) is 0 Å². The van der Waals surface area contributed by atoms with Crippen molar-refractivity contribution >= 4 is 17.6 Å². The fourth-order valence-corrected chi connectivity index (χ4v) is 3.97. The number of rotatable bonds is 6. The molecule has 0 saturated carbocycles. The summed E-state index contributed by atoms with van der Waals surface area (Å²) in [6.45, 7) is 3.06. The molecule has 26 heavy (non-hydrogen) atoms. The molecule has 0 N–H and O–H groups in total. The third-order valence-corrected chi connectivity index (χ3v) is 5.37. The van der Waals surface area contributed by atoms with Gasteiger partial charge in [-0.2, -0.15) is 0 Å². The Morgan fingerprint density at radius 2 is 2.12 bits per heavy atom. The van der Waals surface area contributed by atoms with Gasteiger partial charge in [0.2, 0.25) is 5.91 Å². The zero-order chi connectivity index (χ0) is 18.5. The van der Waals surface area contributed by atoms with Crippen LogP contribution in [0.5, 0.6) is 0 Å². The van der Waals surface area contributed by atoms with Crippen molar-refractivity contribution in [1.29, 1.82) is 0 Å². The van der Waals surface area contributed by atoms with Crippen LogP contribution < -0.4 is 4.90 Å². The maximum absolute atomic E-state index is 12.9. The SMILES string of the molecule is COCCC[C@H]1CCCN(C(=O)CN2C(=O)N(C)Cc3ccccc32)C1. The summed E-state index contributed by atoms with van der Waals surface area (Å²) in [4.78, 5) is 30.7. The molecule has 1 atom stereocenters. The zero-order valence-electron chi connectivity index (χ0n) is 15.8. The largest absolute Gasteiger partial charge is 0.385 e. The number of nitrogens with zero attached hydrogens (tertiary/aromatic N) is 3. The molecule has 3 amide bonds. The fourth-order valence-electron chi connectivity index (χ4n) is 3.97. The Bertz CT molecular complexity index is 649. The van der Waals surface area contributed by atoms with Crippen molar-refractivity contribution in [2.75, 3.05) is 45.3 Å². The summed E-state index contributed by atoms with van der Waals surface area (Å²) < 4.78 is 5.13. The summed E-state index contributed by atoms with van der Waals surface area (Å²) >= 11 is 0. The molecular formula is C20H29N3O3. The van der Waals surface area contributed by atoms with E-state index >= 15 is 0 Å². The number of benzene rings is 1. The van der Waals surface area contributed by atoms with Crippen molar-refractivity contribution in [2.45, 2.75) is 32.2 Å². The lowest BCUT2D eigenvalue weighted by atomic mass is 9.93. The van der Waals surface area contributed by atoms with E-state index in [2.05, 4.69) is 0 Å². The normalized spacial score (nSPS) is 20.3.